The molecule has 180 valence electrons. The number of ketones is 2. The van der Waals surface area contributed by atoms with Crippen LogP contribution in [0.2, 0.25) is 5.02 Å². The molecule has 0 unspecified atom stereocenters. The highest BCUT2D eigenvalue weighted by Crippen LogP contribution is 2.29. The molecule has 1 amide bonds. The number of carbonyl (C=O) groups excluding carboxylic acids is 3. The molecule has 1 saturated heterocycles. The van der Waals surface area contributed by atoms with Gasteiger partial charge in [-0.3, -0.25) is 19.3 Å². The van der Waals surface area contributed by atoms with Crippen LogP contribution in [0.25, 0.3) is 0 Å². The zero-order chi connectivity index (χ0) is 24.1. The highest BCUT2D eigenvalue weighted by Gasteiger charge is 2.24. The van der Waals surface area contributed by atoms with E-state index in [1.807, 2.05) is 35.2 Å². The summed E-state index contributed by atoms with van der Waals surface area (Å²) in [6, 6.07) is 13.9. The van der Waals surface area contributed by atoms with E-state index >= 15 is 0 Å². The predicted molar refractivity (Wildman–Crippen MR) is 135 cm³/mol. The van der Waals surface area contributed by atoms with Gasteiger partial charge < -0.3 is 4.90 Å². The van der Waals surface area contributed by atoms with Gasteiger partial charge in [-0.25, -0.2) is 0 Å². The largest absolute Gasteiger partial charge is 0.343 e. The molecule has 0 bridgehead atoms. The summed E-state index contributed by atoms with van der Waals surface area (Å²) in [7, 11) is 0. The third kappa shape index (κ3) is 6.34. The van der Waals surface area contributed by atoms with E-state index in [0.29, 0.717) is 18.0 Å². The maximum Gasteiger partial charge on any atom is 0.223 e. The molecular formula is C28H33ClN2O3. The number of hydrogen-bond acceptors (Lipinski definition) is 4. The lowest BCUT2D eigenvalue weighted by Gasteiger charge is -2.32. The molecule has 1 fully saturated rings. The Balaban J connectivity index is 1.26. The summed E-state index contributed by atoms with van der Waals surface area (Å²) in [6.07, 6.45) is 4.10. The van der Waals surface area contributed by atoms with E-state index in [1.54, 1.807) is 6.92 Å². The number of carbonyl (C=O) groups is 3. The number of amides is 1. The molecular weight excluding hydrogens is 448 g/mol. The van der Waals surface area contributed by atoms with Crippen LogP contribution >= 0.6 is 11.6 Å². The topological polar surface area (TPSA) is 57.7 Å². The number of nitrogens with zero attached hydrogens (tertiary/aromatic N) is 2. The average Bonchev–Trinajstić information content (AvgIpc) is 3.04. The van der Waals surface area contributed by atoms with Gasteiger partial charge in [0.05, 0.1) is 6.54 Å². The van der Waals surface area contributed by atoms with Gasteiger partial charge >= 0.3 is 0 Å². The average molecular weight is 481 g/mol. The van der Waals surface area contributed by atoms with E-state index < -0.39 is 0 Å². The van der Waals surface area contributed by atoms with Crippen LogP contribution in [-0.4, -0.2) is 60.0 Å². The van der Waals surface area contributed by atoms with E-state index in [1.165, 1.54) is 16.7 Å². The van der Waals surface area contributed by atoms with Crippen LogP contribution in [0.1, 0.15) is 65.6 Å². The summed E-state index contributed by atoms with van der Waals surface area (Å²) in [5.74, 6) is 0.726. The Morgan fingerprint density at radius 1 is 0.882 bits per heavy atom. The van der Waals surface area contributed by atoms with E-state index in [2.05, 4.69) is 17.0 Å². The molecule has 2 aliphatic rings. The molecule has 34 heavy (non-hydrogen) atoms. The summed E-state index contributed by atoms with van der Waals surface area (Å²) in [6.45, 7) is 5.26. The number of fused-ring (bicyclic) bond motifs is 1. The third-order valence-electron chi connectivity index (χ3n) is 7.12. The molecule has 0 spiro atoms. The summed E-state index contributed by atoms with van der Waals surface area (Å²) in [5, 5.41) is 0.741. The van der Waals surface area contributed by atoms with E-state index in [9.17, 15) is 14.4 Å². The molecule has 4 rings (SSSR count). The molecule has 6 heteroatoms. The standard InChI is InChI=1S/C28H33ClN2O3/c1-20(32)19-30-14-10-22-2-3-25(18-24(22)11-15-30)27(33)8-9-28(34)31-16-12-23(13-17-31)21-4-6-26(29)7-5-21/h2-7,18,23H,8-17,19H2,1H3. The predicted octanol–water partition coefficient (Wildman–Crippen LogP) is 4.70. The first-order valence-corrected chi connectivity index (χ1v) is 12.7. The molecule has 0 aromatic heterocycles. The van der Waals surface area contributed by atoms with Crippen molar-refractivity contribution in [1.82, 2.24) is 9.80 Å². The van der Waals surface area contributed by atoms with E-state index in [0.717, 1.165) is 56.9 Å². The van der Waals surface area contributed by atoms with Gasteiger partial charge in [0.15, 0.2) is 5.78 Å². The Hall–Kier alpha value is -2.50. The minimum Gasteiger partial charge on any atom is -0.343 e. The minimum absolute atomic E-state index is 0.0250. The first-order valence-electron chi connectivity index (χ1n) is 12.3. The molecule has 0 atom stereocenters. The smallest absolute Gasteiger partial charge is 0.223 e. The van der Waals surface area contributed by atoms with E-state index in [-0.39, 0.29) is 30.3 Å². The Morgan fingerprint density at radius 3 is 2.24 bits per heavy atom. The Morgan fingerprint density at radius 2 is 1.56 bits per heavy atom. The third-order valence-corrected chi connectivity index (χ3v) is 7.38. The lowest BCUT2D eigenvalue weighted by molar-refractivity contribution is -0.132. The first-order chi connectivity index (χ1) is 16.4. The fourth-order valence-electron chi connectivity index (χ4n) is 5.14. The first kappa shape index (κ1) is 24.6. The Bertz CT molecular complexity index is 1040. The van der Waals surface area contributed by atoms with Crippen molar-refractivity contribution in [3.05, 3.63) is 69.7 Å². The summed E-state index contributed by atoms with van der Waals surface area (Å²) >= 11 is 5.99. The van der Waals surface area contributed by atoms with Gasteiger partial charge in [-0.05, 0) is 73.4 Å². The second-order valence-electron chi connectivity index (χ2n) is 9.59. The van der Waals surface area contributed by atoms with Gasteiger partial charge in [0, 0.05) is 49.6 Å². The Kier molecular flexibility index (Phi) is 8.17. The lowest BCUT2D eigenvalue weighted by atomic mass is 9.89. The number of halogens is 1. The number of Topliss-reactive ketones (excluding diaryl/α,β-unsaturated/α-hetero) is 2. The quantitative estimate of drug-likeness (QED) is 0.539. The summed E-state index contributed by atoms with van der Waals surface area (Å²) in [5.41, 5.74) is 4.40. The number of hydrogen-bond donors (Lipinski definition) is 0. The van der Waals surface area contributed by atoms with Crippen LogP contribution < -0.4 is 0 Å². The maximum absolute atomic E-state index is 12.8. The van der Waals surface area contributed by atoms with Crippen LogP contribution in [-0.2, 0) is 22.4 Å². The van der Waals surface area contributed by atoms with Crippen molar-refractivity contribution in [2.75, 3.05) is 32.7 Å². The SMILES string of the molecule is CC(=O)CN1CCc2ccc(C(=O)CCC(=O)N3CCC(c4ccc(Cl)cc4)CC3)cc2CC1. The van der Waals surface area contributed by atoms with Crippen LogP contribution in [0, 0.1) is 0 Å². The van der Waals surface area contributed by atoms with Crippen molar-refractivity contribution in [3.63, 3.8) is 0 Å². The summed E-state index contributed by atoms with van der Waals surface area (Å²) in [4.78, 5) is 41.1. The van der Waals surface area contributed by atoms with Crippen molar-refractivity contribution in [2.24, 2.45) is 0 Å². The van der Waals surface area contributed by atoms with Gasteiger partial charge in [-0.1, -0.05) is 35.9 Å². The van der Waals surface area contributed by atoms with Gasteiger partial charge in [-0.15, -0.1) is 0 Å². The van der Waals surface area contributed by atoms with Crippen LogP contribution in [0.3, 0.4) is 0 Å². The lowest BCUT2D eigenvalue weighted by Crippen LogP contribution is -2.38. The van der Waals surface area contributed by atoms with Crippen molar-refractivity contribution >= 4 is 29.1 Å². The zero-order valence-electron chi connectivity index (χ0n) is 19.9. The molecule has 0 aliphatic carbocycles. The van der Waals surface area contributed by atoms with Gasteiger partial charge in [0.2, 0.25) is 5.91 Å². The minimum atomic E-state index is 0.0250. The van der Waals surface area contributed by atoms with Crippen molar-refractivity contribution in [3.8, 4) is 0 Å². The highest BCUT2D eigenvalue weighted by atomic mass is 35.5. The second kappa shape index (κ2) is 11.3. The molecule has 0 saturated carbocycles. The molecule has 2 aromatic carbocycles. The zero-order valence-corrected chi connectivity index (χ0v) is 20.7. The monoisotopic (exact) mass is 480 g/mol. The van der Waals surface area contributed by atoms with Gasteiger partial charge in [-0.2, -0.15) is 0 Å². The normalized spacial score (nSPS) is 17.2. The van der Waals surface area contributed by atoms with E-state index in [4.69, 9.17) is 11.6 Å². The molecule has 5 nitrogen and oxygen atoms in total. The molecule has 0 N–H and O–H groups in total. The van der Waals surface area contributed by atoms with Crippen molar-refractivity contribution in [2.45, 2.75) is 51.4 Å². The number of benzene rings is 2. The second-order valence-corrected chi connectivity index (χ2v) is 10.0. The molecule has 2 heterocycles. The number of rotatable bonds is 7. The van der Waals surface area contributed by atoms with Gasteiger partial charge in [0.25, 0.3) is 0 Å². The van der Waals surface area contributed by atoms with Crippen LogP contribution in [0.5, 0.6) is 0 Å². The Labute approximate surface area is 207 Å². The van der Waals surface area contributed by atoms with Crippen molar-refractivity contribution in [1.29, 1.82) is 0 Å². The van der Waals surface area contributed by atoms with Crippen LogP contribution in [0.4, 0.5) is 0 Å². The molecule has 2 aliphatic heterocycles. The van der Waals surface area contributed by atoms with Crippen LogP contribution in [0.15, 0.2) is 42.5 Å². The number of piperidine rings is 1. The summed E-state index contributed by atoms with van der Waals surface area (Å²) < 4.78 is 0. The fraction of sp³-hybridized carbons (Fsp3) is 0.464. The molecule has 2 aromatic rings. The maximum atomic E-state index is 12.8. The number of likely N-dealkylation sites (tertiary alicyclic amines) is 1. The van der Waals surface area contributed by atoms with Gasteiger partial charge in [0.1, 0.15) is 5.78 Å². The highest BCUT2D eigenvalue weighted by molar-refractivity contribution is 6.30. The fourth-order valence-corrected chi connectivity index (χ4v) is 5.26. The van der Waals surface area contributed by atoms with Crippen molar-refractivity contribution < 1.29 is 14.4 Å². The molecule has 0 radical (unpaired) electrons.